The minimum atomic E-state index is -3.89. The van der Waals surface area contributed by atoms with Crippen molar-refractivity contribution in [2.24, 2.45) is 0 Å². The highest BCUT2D eigenvalue weighted by Gasteiger charge is 2.26. The third-order valence-corrected chi connectivity index (χ3v) is 5.00. The molecule has 0 radical (unpaired) electrons. The van der Waals surface area contributed by atoms with Crippen LogP contribution in [0.15, 0.2) is 17.0 Å². The normalized spacial score (nSPS) is 12.1. The first-order valence-electron chi connectivity index (χ1n) is 5.62. The van der Waals surface area contributed by atoms with Gasteiger partial charge in [-0.2, -0.15) is 4.31 Å². The molecule has 0 heterocycles. The fourth-order valence-electron chi connectivity index (χ4n) is 1.58. The molecule has 0 saturated heterocycles. The predicted octanol–water partition coefficient (Wildman–Crippen LogP) is 0.206. The zero-order valence-electron chi connectivity index (χ0n) is 10.5. The molecule has 0 aromatic heterocycles. The quantitative estimate of drug-likeness (QED) is 0.652. The van der Waals surface area contributed by atoms with Gasteiger partial charge in [0.1, 0.15) is 4.90 Å². The molecule has 0 bridgehead atoms. The smallest absolute Gasteiger partial charge is 0.244 e. The minimum Gasteiger partial charge on any atom is -0.398 e. The van der Waals surface area contributed by atoms with Gasteiger partial charge in [-0.15, -0.1) is 0 Å². The Labute approximate surface area is 117 Å². The van der Waals surface area contributed by atoms with Gasteiger partial charge in [-0.25, -0.2) is 8.42 Å². The van der Waals surface area contributed by atoms with Gasteiger partial charge in [0.15, 0.2) is 0 Å². The molecular weight excluding hydrogens is 292 g/mol. The van der Waals surface area contributed by atoms with Crippen LogP contribution in [0.25, 0.3) is 0 Å². The second-order valence-corrected chi connectivity index (χ2v) is 6.30. The van der Waals surface area contributed by atoms with Crippen molar-refractivity contribution in [1.29, 1.82) is 0 Å². The first kappa shape index (κ1) is 16.2. The summed E-state index contributed by atoms with van der Waals surface area (Å²) in [6.45, 7) is 0.785. The average Bonchev–Trinajstić information content (AvgIpc) is 2.33. The summed E-state index contributed by atoms with van der Waals surface area (Å²) >= 11 is 5.94. The van der Waals surface area contributed by atoms with Gasteiger partial charge in [0.05, 0.1) is 18.2 Å². The van der Waals surface area contributed by atoms with Crippen LogP contribution in [0.5, 0.6) is 0 Å². The van der Waals surface area contributed by atoms with Gasteiger partial charge in [0, 0.05) is 18.8 Å². The van der Waals surface area contributed by atoms with Crippen LogP contribution in [0.3, 0.4) is 0 Å². The number of hydrogen-bond donors (Lipinski definition) is 3. The van der Waals surface area contributed by atoms with Crippen molar-refractivity contribution >= 4 is 27.3 Å². The van der Waals surface area contributed by atoms with Gasteiger partial charge in [-0.3, -0.25) is 0 Å². The molecule has 0 saturated carbocycles. The van der Waals surface area contributed by atoms with Crippen molar-refractivity contribution in [1.82, 2.24) is 4.31 Å². The van der Waals surface area contributed by atoms with E-state index in [2.05, 4.69) is 0 Å². The first-order valence-corrected chi connectivity index (χ1v) is 7.44. The molecule has 0 fully saturated rings. The number of nitrogen functional groups attached to an aromatic ring is 1. The molecular formula is C11H17ClN2O4S. The predicted molar refractivity (Wildman–Crippen MR) is 73.5 cm³/mol. The van der Waals surface area contributed by atoms with Crippen LogP contribution >= 0.6 is 11.6 Å². The number of rotatable bonds is 6. The van der Waals surface area contributed by atoms with Gasteiger partial charge < -0.3 is 15.9 Å². The molecule has 1 rings (SSSR count). The maximum atomic E-state index is 12.4. The van der Waals surface area contributed by atoms with E-state index in [1.165, 1.54) is 12.1 Å². The number of anilines is 1. The van der Waals surface area contributed by atoms with E-state index in [-0.39, 0.29) is 36.2 Å². The Morgan fingerprint density at radius 1 is 1.26 bits per heavy atom. The fraction of sp³-hybridized carbons (Fsp3) is 0.455. The maximum Gasteiger partial charge on any atom is 0.244 e. The van der Waals surface area contributed by atoms with E-state index in [0.29, 0.717) is 11.3 Å². The maximum absolute atomic E-state index is 12.4. The average molecular weight is 309 g/mol. The second-order valence-electron chi connectivity index (χ2n) is 3.99. The number of nitrogens with two attached hydrogens (primary N) is 1. The molecule has 19 heavy (non-hydrogen) atoms. The first-order chi connectivity index (χ1) is 8.84. The lowest BCUT2D eigenvalue weighted by Crippen LogP contribution is -2.36. The van der Waals surface area contributed by atoms with Crippen LogP contribution in [0.4, 0.5) is 5.69 Å². The third kappa shape index (κ3) is 3.58. The molecule has 4 N–H and O–H groups in total. The fourth-order valence-corrected chi connectivity index (χ4v) is 3.59. The number of aliphatic hydroxyl groups excluding tert-OH is 2. The van der Waals surface area contributed by atoms with Crippen molar-refractivity contribution in [3.8, 4) is 0 Å². The molecule has 0 spiro atoms. The monoisotopic (exact) mass is 308 g/mol. The SMILES string of the molecule is Cc1cc(Cl)c(S(=O)(=O)N(CCO)CCO)cc1N. The topological polar surface area (TPSA) is 104 Å². The number of aryl methyl sites for hydroxylation is 1. The Balaban J connectivity index is 3.28. The highest BCUT2D eigenvalue weighted by atomic mass is 35.5. The highest BCUT2D eigenvalue weighted by Crippen LogP contribution is 2.28. The van der Waals surface area contributed by atoms with E-state index >= 15 is 0 Å². The molecule has 0 unspecified atom stereocenters. The van der Waals surface area contributed by atoms with Gasteiger partial charge in [0.2, 0.25) is 10.0 Å². The van der Waals surface area contributed by atoms with Crippen molar-refractivity contribution in [3.05, 3.63) is 22.7 Å². The van der Waals surface area contributed by atoms with Gasteiger partial charge in [0.25, 0.3) is 0 Å². The number of aliphatic hydroxyl groups is 2. The highest BCUT2D eigenvalue weighted by molar-refractivity contribution is 7.89. The molecule has 8 heteroatoms. The largest absolute Gasteiger partial charge is 0.398 e. The minimum absolute atomic E-state index is 0.0626. The van der Waals surface area contributed by atoms with E-state index in [0.717, 1.165) is 4.31 Å². The molecule has 0 amide bonds. The number of sulfonamides is 1. The molecule has 1 aromatic rings. The molecule has 1 aromatic carbocycles. The van der Waals surface area contributed by atoms with Crippen LogP contribution in [0.1, 0.15) is 5.56 Å². The number of benzene rings is 1. The molecule has 0 aliphatic rings. The number of nitrogens with zero attached hydrogens (tertiary/aromatic N) is 1. The van der Waals surface area contributed by atoms with Crippen molar-refractivity contribution < 1.29 is 18.6 Å². The summed E-state index contributed by atoms with van der Waals surface area (Å²) < 4.78 is 25.7. The summed E-state index contributed by atoms with van der Waals surface area (Å²) in [5, 5.41) is 17.9. The van der Waals surface area contributed by atoms with Crippen LogP contribution in [0, 0.1) is 6.92 Å². The lowest BCUT2D eigenvalue weighted by molar-refractivity contribution is 0.217. The van der Waals surface area contributed by atoms with Gasteiger partial charge >= 0.3 is 0 Å². The van der Waals surface area contributed by atoms with Crippen molar-refractivity contribution in [3.63, 3.8) is 0 Å². The summed E-state index contributed by atoms with van der Waals surface area (Å²) in [5.74, 6) is 0. The van der Waals surface area contributed by atoms with Gasteiger partial charge in [-0.1, -0.05) is 11.6 Å². The zero-order valence-corrected chi connectivity index (χ0v) is 12.1. The summed E-state index contributed by atoms with van der Waals surface area (Å²) in [6.07, 6.45) is 0. The molecule has 0 aliphatic carbocycles. The summed E-state index contributed by atoms with van der Waals surface area (Å²) in [7, 11) is -3.89. The standard InChI is InChI=1S/C11H17ClN2O4S/c1-8-6-9(12)11(7-10(8)13)19(17,18)14(2-4-15)3-5-16/h6-7,15-16H,2-5,13H2,1H3. The van der Waals surface area contributed by atoms with Crippen LogP contribution in [0.2, 0.25) is 5.02 Å². The van der Waals surface area contributed by atoms with E-state index in [9.17, 15) is 8.42 Å². The van der Waals surface area contributed by atoms with Gasteiger partial charge in [-0.05, 0) is 24.6 Å². The van der Waals surface area contributed by atoms with Crippen molar-refractivity contribution in [2.45, 2.75) is 11.8 Å². The van der Waals surface area contributed by atoms with Crippen LogP contribution in [-0.4, -0.2) is 49.2 Å². The number of hydrogen-bond acceptors (Lipinski definition) is 5. The Morgan fingerprint density at radius 2 is 1.79 bits per heavy atom. The third-order valence-electron chi connectivity index (χ3n) is 2.64. The lowest BCUT2D eigenvalue weighted by Gasteiger charge is -2.21. The Kier molecular flexibility index (Phi) is 5.57. The van der Waals surface area contributed by atoms with E-state index in [4.69, 9.17) is 27.5 Å². The Hall–Kier alpha value is -0.860. The lowest BCUT2D eigenvalue weighted by atomic mass is 10.2. The zero-order chi connectivity index (χ0) is 14.6. The summed E-state index contributed by atoms with van der Waals surface area (Å²) in [4.78, 5) is -0.126. The Morgan fingerprint density at radius 3 is 2.26 bits per heavy atom. The van der Waals surface area contributed by atoms with Crippen LogP contribution in [-0.2, 0) is 10.0 Å². The van der Waals surface area contributed by atoms with E-state index < -0.39 is 10.0 Å². The second kappa shape index (κ2) is 6.53. The van der Waals surface area contributed by atoms with Crippen molar-refractivity contribution in [2.75, 3.05) is 32.0 Å². The molecule has 6 nitrogen and oxygen atoms in total. The summed E-state index contributed by atoms with van der Waals surface area (Å²) in [6, 6.07) is 2.76. The molecule has 0 atom stereocenters. The summed E-state index contributed by atoms with van der Waals surface area (Å²) in [5.41, 5.74) is 6.69. The molecule has 108 valence electrons. The number of halogens is 1. The Bertz CT molecular complexity index is 542. The van der Waals surface area contributed by atoms with E-state index in [1.54, 1.807) is 6.92 Å². The van der Waals surface area contributed by atoms with Crippen LogP contribution < -0.4 is 5.73 Å². The molecule has 0 aliphatic heterocycles. The van der Waals surface area contributed by atoms with E-state index in [1.807, 2.05) is 0 Å².